The number of hydrogen-bond acceptors (Lipinski definition) is 5. The number of benzene rings is 2. The van der Waals surface area contributed by atoms with Crippen molar-refractivity contribution in [1.29, 1.82) is 0 Å². The number of thiazole rings is 1. The van der Waals surface area contributed by atoms with Gasteiger partial charge in [-0.15, -0.1) is 11.8 Å². The summed E-state index contributed by atoms with van der Waals surface area (Å²) in [5.41, 5.74) is 4.33. The molecule has 1 aromatic heterocycles. The number of carbonyl (C=O) groups excluding carboxylic acids is 2. The molecule has 1 saturated heterocycles. The molecule has 7 heteroatoms. The average molecular weight is 531 g/mol. The standard InChI is InChI=1S/C30H30N2O3S2/c1-14-5-11-17(12-6-14)32-27(33)22-18-13-19(23(22)28(32)34)24-21(18)20(25-26(36-24)31-29(35)37-25)15-7-9-16(10-8-15)30(2,3)4/h5-12,18-24H,13H2,1-4H3,(H,31,35)/t18-,19-,20+,21-,22+,23-,24-/m1/s1. The topological polar surface area (TPSA) is 70.2 Å². The Kier molecular flexibility index (Phi) is 5.03. The molecule has 2 amide bonds. The Morgan fingerprint density at radius 1 is 0.892 bits per heavy atom. The number of nitrogens with zero attached hydrogens (tertiary/aromatic N) is 1. The molecule has 2 aromatic carbocycles. The van der Waals surface area contributed by atoms with Gasteiger partial charge in [0.05, 0.1) is 22.5 Å². The highest BCUT2D eigenvalue weighted by Crippen LogP contribution is 2.68. The molecule has 2 saturated carbocycles. The van der Waals surface area contributed by atoms with Gasteiger partial charge in [-0.3, -0.25) is 19.3 Å². The molecular formula is C30H30N2O3S2. The summed E-state index contributed by atoms with van der Waals surface area (Å²) in [6.45, 7) is 8.64. The summed E-state index contributed by atoms with van der Waals surface area (Å²) in [4.78, 5) is 45.6. The zero-order chi connectivity index (χ0) is 25.8. The quantitative estimate of drug-likeness (QED) is 0.430. The number of fused-ring (bicyclic) bond motifs is 9. The molecule has 7 atom stereocenters. The van der Waals surface area contributed by atoms with Crippen LogP contribution >= 0.6 is 23.1 Å². The number of nitrogens with one attached hydrogen (secondary N) is 1. The monoisotopic (exact) mass is 530 g/mol. The molecule has 1 N–H and O–H groups in total. The van der Waals surface area contributed by atoms with E-state index in [1.165, 1.54) is 27.4 Å². The third-order valence-electron chi connectivity index (χ3n) is 9.15. The molecule has 7 rings (SSSR count). The molecule has 3 heterocycles. The molecule has 190 valence electrons. The number of aromatic amines is 1. The van der Waals surface area contributed by atoms with Gasteiger partial charge in [0.1, 0.15) is 0 Å². The van der Waals surface area contributed by atoms with Crippen LogP contribution in [0.4, 0.5) is 5.69 Å². The molecule has 3 fully saturated rings. The second kappa shape index (κ2) is 7.93. The van der Waals surface area contributed by atoms with Gasteiger partial charge in [0, 0.05) is 16.0 Å². The fourth-order valence-corrected chi connectivity index (χ4v) is 10.4. The number of amides is 2. The zero-order valence-corrected chi connectivity index (χ0v) is 23.0. The predicted octanol–water partition coefficient (Wildman–Crippen LogP) is 5.72. The lowest BCUT2D eigenvalue weighted by Crippen LogP contribution is -2.42. The number of aromatic nitrogens is 1. The van der Waals surface area contributed by atoms with Gasteiger partial charge < -0.3 is 4.98 Å². The normalized spacial score (nSPS) is 32.0. The first kappa shape index (κ1) is 23.5. The summed E-state index contributed by atoms with van der Waals surface area (Å²) in [6.07, 6.45) is 0.909. The van der Waals surface area contributed by atoms with E-state index in [0.29, 0.717) is 5.69 Å². The van der Waals surface area contributed by atoms with Crippen LogP contribution in [0.3, 0.4) is 0 Å². The van der Waals surface area contributed by atoms with Crippen LogP contribution in [0.2, 0.25) is 0 Å². The number of carbonyl (C=O) groups is 2. The van der Waals surface area contributed by atoms with E-state index in [1.54, 1.807) is 11.8 Å². The SMILES string of the molecule is Cc1ccc(N2C(=O)[C@@H]3[C@H]4C[C@@H]([C@@H]3C2=O)[C@@H]2[C@H](c3ccc(C(C)(C)C)cc3)c3sc(=O)[nH]c3S[C@H]42)cc1. The van der Waals surface area contributed by atoms with Gasteiger partial charge in [-0.25, -0.2) is 0 Å². The number of H-pyrrole nitrogens is 1. The summed E-state index contributed by atoms with van der Waals surface area (Å²) in [5.74, 6) is -0.0397. The second-order valence-corrected chi connectivity index (χ2v) is 14.4. The van der Waals surface area contributed by atoms with E-state index in [1.807, 2.05) is 31.2 Å². The van der Waals surface area contributed by atoms with Crippen molar-refractivity contribution >= 4 is 40.6 Å². The van der Waals surface area contributed by atoms with Crippen molar-refractivity contribution in [1.82, 2.24) is 4.98 Å². The van der Waals surface area contributed by atoms with E-state index in [2.05, 4.69) is 50.0 Å². The maximum Gasteiger partial charge on any atom is 0.305 e. The molecule has 2 aliphatic carbocycles. The maximum absolute atomic E-state index is 13.8. The maximum atomic E-state index is 13.8. The lowest BCUT2D eigenvalue weighted by atomic mass is 9.68. The molecule has 37 heavy (non-hydrogen) atoms. The van der Waals surface area contributed by atoms with Crippen LogP contribution in [-0.2, 0) is 15.0 Å². The largest absolute Gasteiger partial charge is 0.307 e. The fraction of sp³-hybridized carbons (Fsp3) is 0.433. The molecule has 3 aromatic rings. The molecule has 4 aliphatic rings. The van der Waals surface area contributed by atoms with Crippen LogP contribution in [0.1, 0.15) is 54.7 Å². The second-order valence-electron chi connectivity index (χ2n) is 12.2. The average Bonchev–Trinajstić information content (AvgIpc) is 3.58. The Morgan fingerprint density at radius 3 is 2.19 bits per heavy atom. The molecule has 2 bridgehead atoms. The summed E-state index contributed by atoms with van der Waals surface area (Å²) >= 11 is 3.05. The van der Waals surface area contributed by atoms with Crippen molar-refractivity contribution in [3.63, 3.8) is 0 Å². The van der Waals surface area contributed by atoms with E-state index in [-0.39, 0.29) is 62.9 Å². The smallest absolute Gasteiger partial charge is 0.305 e. The minimum Gasteiger partial charge on any atom is -0.307 e. The minimum absolute atomic E-state index is 0.0287. The summed E-state index contributed by atoms with van der Waals surface area (Å²) < 4.78 is 0. The Labute approximate surface area is 224 Å². The van der Waals surface area contributed by atoms with Crippen molar-refractivity contribution in [2.75, 3.05) is 4.90 Å². The van der Waals surface area contributed by atoms with E-state index in [9.17, 15) is 14.4 Å². The van der Waals surface area contributed by atoms with E-state index in [4.69, 9.17) is 0 Å². The zero-order valence-electron chi connectivity index (χ0n) is 21.4. The van der Waals surface area contributed by atoms with E-state index >= 15 is 0 Å². The summed E-state index contributed by atoms with van der Waals surface area (Å²) in [6, 6.07) is 16.5. The summed E-state index contributed by atoms with van der Waals surface area (Å²) in [7, 11) is 0. The van der Waals surface area contributed by atoms with Gasteiger partial charge in [-0.05, 0) is 59.8 Å². The molecule has 0 unspecified atom stereocenters. The van der Waals surface area contributed by atoms with Crippen molar-refractivity contribution in [2.45, 2.75) is 55.7 Å². The first-order chi connectivity index (χ1) is 17.6. The van der Waals surface area contributed by atoms with Crippen molar-refractivity contribution in [3.8, 4) is 0 Å². The van der Waals surface area contributed by atoms with Gasteiger partial charge in [-0.2, -0.15) is 0 Å². The Morgan fingerprint density at radius 2 is 1.54 bits per heavy atom. The number of hydrogen-bond donors (Lipinski definition) is 1. The van der Waals surface area contributed by atoms with Gasteiger partial charge >= 0.3 is 4.87 Å². The fourth-order valence-electron chi connectivity index (χ4n) is 7.53. The van der Waals surface area contributed by atoms with E-state index < -0.39 is 0 Å². The van der Waals surface area contributed by atoms with Gasteiger partial charge in [0.2, 0.25) is 11.8 Å². The first-order valence-corrected chi connectivity index (χ1v) is 14.8. The lowest BCUT2D eigenvalue weighted by molar-refractivity contribution is -0.123. The molecule has 0 spiro atoms. The third-order valence-corrected chi connectivity index (χ3v) is 11.7. The van der Waals surface area contributed by atoms with Crippen LogP contribution in [0.5, 0.6) is 0 Å². The predicted molar refractivity (Wildman–Crippen MR) is 147 cm³/mol. The third kappa shape index (κ3) is 3.32. The van der Waals surface area contributed by atoms with Crippen LogP contribution in [0.25, 0.3) is 0 Å². The van der Waals surface area contributed by atoms with Crippen LogP contribution in [-0.4, -0.2) is 22.0 Å². The number of aryl methyl sites for hydroxylation is 1. The highest BCUT2D eigenvalue weighted by atomic mass is 32.2. The highest BCUT2D eigenvalue weighted by molar-refractivity contribution is 8.00. The van der Waals surface area contributed by atoms with Crippen molar-refractivity contribution in [3.05, 3.63) is 79.8 Å². The highest BCUT2D eigenvalue weighted by Gasteiger charge is 2.69. The van der Waals surface area contributed by atoms with Gasteiger partial charge in [0.25, 0.3) is 0 Å². The van der Waals surface area contributed by atoms with Crippen LogP contribution < -0.4 is 9.77 Å². The van der Waals surface area contributed by atoms with E-state index in [0.717, 1.165) is 21.9 Å². The number of anilines is 1. The lowest BCUT2D eigenvalue weighted by Gasteiger charge is -2.43. The minimum atomic E-state index is -0.269. The Bertz CT molecular complexity index is 1480. The van der Waals surface area contributed by atoms with Gasteiger partial charge in [-0.1, -0.05) is 74.1 Å². The summed E-state index contributed by atoms with van der Waals surface area (Å²) in [5, 5.41) is 1.17. The van der Waals surface area contributed by atoms with Crippen molar-refractivity contribution < 1.29 is 9.59 Å². The molecular weight excluding hydrogens is 500 g/mol. The Hall–Kier alpha value is -2.64. The first-order valence-electron chi connectivity index (χ1n) is 13.1. The molecule has 2 aliphatic heterocycles. The number of imide groups is 1. The Balaban J connectivity index is 1.30. The van der Waals surface area contributed by atoms with Crippen molar-refractivity contribution in [2.24, 2.45) is 29.6 Å². The van der Waals surface area contributed by atoms with Crippen LogP contribution in [0.15, 0.2) is 58.4 Å². The number of rotatable bonds is 2. The molecule has 0 radical (unpaired) electrons. The van der Waals surface area contributed by atoms with Gasteiger partial charge in [0.15, 0.2) is 0 Å². The number of thioether (sulfide) groups is 1. The molecule has 5 nitrogen and oxygen atoms in total. The van der Waals surface area contributed by atoms with Crippen LogP contribution in [0, 0.1) is 36.5 Å².